The molecule has 2 N–H and O–H groups in total. The zero-order valence-corrected chi connectivity index (χ0v) is 10.6. The predicted octanol–water partition coefficient (Wildman–Crippen LogP) is 2.47. The van der Waals surface area contributed by atoms with Gasteiger partial charge >= 0.3 is 0 Å². The standard InChI is InChI=1S/C13H21NO3/c1-3-5-16-12-8-11(14)9-13(10-12)17-7-6-15-4-2/h8-10H,3-7,14H2,1-2H3. The van der Waals surface area contributed by atoms with Crippen molar-refractivity contribution in [3.8, 4) is 11.5 Å². The van der Waals surface area contributed by atoms with E-state index in [4.69, 9.17) is 19.9 Å². The Morgan fingerprint density at radius 1 is 0.941 bits per heavy atom. The first-order chi connectivity index (χ1) is 8.26. The van der Waals surface area contributed by atoms with Gasteiger partial charge in [-0.1, -0.05) is 6.92 Å². The smallest absolute Gasteiger partial charge is 0.125 e. The van der Waals surface area contributed by atoms with E-state index in [1.807, 2.05) is 13.0 Å². The fraction of sp³-hybridized carbons (Fsp3) is 0.538. The molecule has 4 nitrogen and oxygen atoms in total. The van der Waals surface area contributed by atoms with Gasteiger partial charge in [-0.25, -0.2) is 0 Å². The average molecular weight is 239 g/mol. The molecule has 0 aromatic heterocycles. The van der Waals surface area contributed by atoms with E-state index in [0.29, 0.717) is 32.1 Å². The molecule has 0 aliphatic carbocycles. The molecule has 0 amide bonds. The van der Waals surface area contributed by atoms with Crippen molar-refractivity contribution in [1.82, 2.24) is 0 Å². The molecule has 1 aromatic rings. The summed E-state index contributed by atoms with van der Waals surface area (Å²) in [6.45, 7) is 6.50. The maximum atomic E-state index is 5.77. The molecule has 0 unspecified atom stereocenters. The van der Waals surface area contributed by atoms with Gasteiger partial charge in [0.15, 0.2) is 0 Å². The Labute approximate surface area is 103 Å². The second kappa shape index (κ2) is 7.79. The highest BCUT2D eigenvalue weighted by atomic mass is 16.5. The van der Waals surface area contributed by atoms with Gasteiger partial charge in [0.1, 0.15) is 18.1 Å². The molecule has 96 valence electrons. The third kappa shape index (κ3) is 5.45. The summed E-state index contributed by atoms with van der Waals surface area (Å²) in [6, 6.07) is 5.42. The largest absolute Gasteiger partial charge is 0.493 e. The van der Waals surface area contributed by atoms with Crippen molar-refractivity contribution in [2.75, 3.05) is 32.2 Å². The normalized spacial score (nSPS) is 10.2. The van der Waals surface area contributed by atoms with Gasteiger partial charge < -0.3 is 19.9 Å². The Hall–Kier alpha value is -1.42. The second-order valence-corrected chi connectivity index (χ2v) is 3.63. The molecular formula is C13H21NO3. The molecule has 0 heterocycles. The number of hydrogen-bond donors (Lipinski definition) is 1. The van der Waals surface area contributed by atoms with E-state index in [1.165, 1.54) is 0 Å². The molecule has 0 fully saturated rings. The van der Waals surface area contributed by atoms with Crippen molar-refractivity contribution in [3.05, 3.63) is 18.2 Å². The van der Waals surface area contributed by atoms with Crippen molar-refractivity contribution < 1.29 is 14.2 Å². The zero-order valence-electron chi connectivity index (χ0n) is 10.6. The molecule has 0 aliphatic rings. The lowest BCUT2D eigenvalue weighted by Gasteiger charge is -2.10. The molecule has 0 saturated carbocycles. The fourth-order valence-corrected chi connectivity index (χ4v) is 1.34. The number of rotatable bonds is 8. The van der Waals surface area contributed by atoms with Gasteiger partial charge in [0.05, 0.1) is 13.2 Å². The van der Waals surface area contributed by atoms with E-state index in [-0.39, 0.29) is 0 Å². The van der Waals surface area contributed by atoms with Crippen molar-refractivity contribution in [2.45, 2.75) is 20.3 Å². The van der Waals surface area contributed by atoms with Crippen LogP contribution in [-0.2, 0) is 4.74 Å². The van der Waals surface area contributed by atoms with Crippen molar-refractivity contribution in [1.29, 1.82) is 0 Å². The highest BCUT2D eigenvalue weighted by Crippen LogP contribution is 2.24. The van der Waals surface area contributed by atoms with Crippen LogP contribution in [-0.4, -0.2) is 26.4 Å². The van der Waals surface area contributed by atoms with Crippen molar-refractivity contribution in [3.63, 3.8) is 0 Å². The highest BCUT2D eigenvalue weighted by molar-refractivity contribution is 5.50. The molecule has 0 aliphatic heterocycles. The van der Waals surface area contributed by atoms with E-state index in [0.717, 1.165) is 17.9 Å². The summed E-state index contributed by atoms with van der Waals surface area (Å²) >= 11 is 0. The van der Waals surface area contributed by atoms with E-state index in [1.54, 1.807) is 12.1 Å². The number of hydrogen-bond acceptors (Lipinski definition) is 4. The maximum Gasteiger partial charge on any atom is 0.125 e. The van der Waals surface area contributed by atoms with Crippen LogP contribution in [0.1, 0.15) is 20.3 Å². The molecule has 1 rings (SSSR count). The Morgan fingerprint density at radius 3 is 2.18 bits per heavy atom. The van der Waals surface area contributed by atoms with Crippen LogP contribution in [0.2, 0.25) is 0 Å². The lowest BCUT2D eigenvalue weighted by molar-refractivity contribution is 0.110. The summed E-state index contributed by atoms with van der Waals surface area (Å²) in [4.78, 5) is 0. The van der Waals surface area contributed by atoms with Gasteiger partial charge in [-0.05, 0) is 13.3 Å². The summed E-state index contributed by atoms with van der Waals surface area (Å²) in [5, 5.41) is 0. The summed E-state index contributed by atoms with van der Waals surface area (Å²) in [7, 11) is 0. The van der Waals surface area contributed by atoms with E-state index in [9.17, 15) is 0 Å². The molecule has 0 atom stereocenters. The molecule has 0 saturated heterocycles. The molecule has 0 spiro atoms. The van der Waals surface area contributed by atoms with Crippen LogP contribution in [0.15, 0.2) is 18.2 Å². The summed E-state index contributed by atoms with van der Waals surface area (Å²) in [6.07, 6.45) is 0.968. The van der Waals surface area contributed by atoms with E-state index in [2.05, 4.69) is 6.92 Å². The molecule has 0 bridgehead atoms. The number of nitrogens with two attached hydrogens (primary N) is 1. The highest BCUT2D eigenvalue weighted by Gasteiger charge is 2.01. The van der Waals surface area contributed by atoms with Crippen molar-refractivity contribution in [2.24, 2.45) is 0 Å². The number of anilines is 1. The Balaban J connectivity index is 2.50. The molecule has 1 aromatic carbocycles. The maximum absolute atomic E-state index is 5.77. The minimum atomic E-state index is 0.518. The first kappa shape index (κ1) is 13.6. The van der Waals surface area contributed by atoms with Crippen LogP contribution in [0, 0.1) is 0 Å². The van der Waals surface area contributed by atoms with Gasteiger partial charge in [0.25, 0.3) is 0 Å². The van der Waals surface area contributed by atoms with Crippen LogP contribution >= 0.6 is 0 Å². The minimum absolute atomic E-state index is 0.518. The van der Waals surface area contributed by atoms with Gasteiger partial charge in [-0.2, -0.15) is 0 Å². The van der Waals surface area contributed by atoms with E-state index >= 15 is 0 Å². The van der Waals surface area contributed by atoms with Gasteiger partial charge in [0, 0.05) is 30.5 Å². The fourth-order valence-electron chi connectivity index (χ4n) is 1.34. The predicted molar refractivity (Wildman–Crippen MR) is 68.6 cm³/mol. The first-order valence-corrected chi connectivity index (χ1v) is 6.00. The van der Waals surface area contributed by atoms with Crippen LogP contribution in [0.25, 0.3) is 0 Å². The Bertz CT molecular complexity index is 328. The molecule has 4 heteroatoms. The molecule has 17 heavy (non-hydrogen) atoms. The molecular weight excluding hydrogens is 218 g/mol. The monoisotopic (exact) mass is 239 g/mol. The second-order valence-electron chi connectivity index (χ2n) is 3.63. The zero-order chi connectivity index (χ0) is 12.5. The summed E-state index contributed by atoms with van der Waals surface area (Å²) < 4.78 is 16.2. The third-order valence-electron chi connectivity index (χ3n) is 2.08. The van der Waals surface area contributed by atoms with Gasteiger partial charge in [0.2, 0.25) is 0 Å². The van der Waals surface area contributed by atoms with Crippen LogP contribution < -0.4 is 15.2 Å². The lowest BCUT2D eigenvalue weighted by Crippen LogP contribution is -2.06. The summed E-state index contributed by atoms with van der Waals surface area (Å²) in [5.41, 5.74) is 6.41. The first-order valence-electron chi connectivity index (χ1n) is 6.00. The van der Waals surface area contributed by atoms with Crippen LogP contribution in [0.4, 0.5) is 5.69 Å². The Kier molecular flexibility index (Phi) is 6.25. The summed E-state index contributed by atoms with van der Waals surface area (Å²) in [5.74, 6) is 1.47. The average Bonchev–Trinajstić information content (AvgIpc) is 2.31. The minimum Gasteiger partial charge on any atom is -0.493 e. The van der Waals surface area contributed by atoms with Gasteiger partial charge in [-0.3, -0.25) is 0 Å². The van der Waals surface area contributed by atoms with Gasteiger partial charge in [-0.15, -0.1) is 0 Å². The number of ether oxygens (including phenoxy) is 3. The third-order valence-corrected chi connectivity index (χ3v) is 2.08. The SMILES string of the molecule is CCCOc1cc(N)cc(OCCOCC)c1. The van der Waals surface area contributed by atoms with Crippen LogP contribution in [0.5, 0.6) is 11.5 Å². The van der Waals surface area contributed by atoms with E-state index < -0.39 is 0 Å². The number of nitrogen functional groups attached to an aromatic ring is 1. The molecule has 0 radical (unpaired) electrons. The van der Waals surface area contributed by atoms with Crippen LogP contribution in [0.3, 0.4) is 0 Å². The van der Waals surface area contributed by atoms with Crippen molar-refractivity contribution >= 4 is 5.69 Å². The lowest BCUT2D eigenvalue weighted by atomic mass is 10.3. The topological polar surface area (TPSA) is 53.7 Å². The Morgan fingerprint density at radius 2 is 1.59 bits per heavy atom. The quantitative estimate of drug-likeness (QED) is 0.559. The number of benzene rings is 1.